The number of amides is 1. The molecule has 9 heteroatoms. The fourth-order valence-corrected chi connectivity index (χ4v) is 3.22. The molecule has 0 fully saturated rings. The maximum Gasteiger partial charge on any atom is 0.283 e. The second-order valence-corrected chi connectivity index (χ2v) is 7.22. The number of alkyl halides is 2. The molecular weight excluding hydrogens is 423 g/mol. The Morgan fingerprint density at radius 1 is 1.22 bits per heavy atom. The van der Waals surface area contributed by atoms with Crippen molar-refractivity contribution in [2.45, 2.75) is 32.7 Å². The molecule has 1 N–H and O–H groups in total. The van der Waals surface area contributed by atoms with Crippen LogP contribution in [-0.4, -0.2) is 22.0 Å². The molecule has 1 unspecified atom stereocenters. The average Bonchev–Trinajstić information content (AvgIpc) is 3.09. The molecule has 0 saturated heterocycles. The van der Waals surface area contributed by atoms with Gasteiger partial charge in [0.15, 0.2) is 0 Å². The van der Waals surface area contributed by atoms with Crippen molar-refractivity contribution in [3.63, 3.8) is 0 Å². The van der Waals surface area contributed by atoms with Gasteiger partial charge in [-0.3, -0.25) is 9.59 Å². The number of aromatic nitrogens is 2. The molecule has 32 heavy (non-hydrogen) atoms. The highest BCUT2D eigenvalue weighted by molar-refractivity contribution is 5.98. The summed E-state index contributed by atoms with van der Waals surface area (Å²) in [5, 5.41) is 6.39. The normalized spacial score (nSPS) is 12.0. The van der Waals surface area contributed by atoms with Crippen LogP contribution in [0.3, 0.4) is 0 Å². The van der Waals surface area contributed by atoms with E-state index in [1.165, 1.54) is 13.1 Å². The number of aldehydes is 1. The largest absolute Gasteiger partial charge is 0.438 e. The Morgan fingerprint density at radius 2 is 1.91 bits per heavy atom. The van der Waals surface area contributed by atoms with Crippen LogP contribution in [0.25, 0.3) is 0 Å². The molecule has 1 aromatic heterocycles. The van der Waals surface area contributed by atoms with E-state index in [4.69, 9.17) is 4.74 Å². The third kappa shape index (κ3) is 4.99. The molecule has 0 aliphatic heterocycles. The first-order valence-electron chi connectivity index (χ1n) is 9.91. The Kier molecular flexibility index (Phi) is 6.97. The second-order valence-electron chi connectivity index (χ2n) is 7.22. The average molecular weight is 445 g/mol. The Bertz CT molecular complexity index is 1130. The third-order valence-electron chi connectivity index (χ3n) is 4.93. The zero-order valence-corrected chi connectivity index (χ0v) is 17.7. The van der Waals surface area contributed by atoms with Crippen LogP contribution in [-0.2, 0) is 13.5 Å². The highest BCUT2D eigenvalue weighted by Gasteiger charge is 2.30. The molecule has 3 aromatic rings. The maximum atomic E-state index is 13.9. The number of aryl methyl sites for hydroxylation is 2. The van der Waals surface area contributed by atoms with Gasteiger partial charge in [-0.1, -0.05) is 31.2 Å². The minimum atomic E-state index is -3.03. The fourth-order valence-electron chi connectivity index (χ4n) is 3.22. The minimum absolute atomic E-state index is 0.0669. The number of nitrogens with one attached hydrogen (secondary N) is 1. The maximum absolute atomic E-state index is 13.9. The van der Waals surface area contributed by atoms with Gasteiger partial charge in [-0.25, -0.2) is 17.9 Å². The fraction of sp³-hybridized carbons (Fsp3) is 0.261. The summed E-state index contributed by atoms with van der Waals surface area (Å²) < 4.78 is 47.9. The minimum Gasteiger partial charge on any atom is -0.438 e. The molecular formula is C23H22F3N3O3. The molecule has 1 heterocycles. The van der Waals surface area contributed by atoms with Crippen LogP contribution in [0.5, 0.6) is 11.6 Å². The Morgan fingerprint density at radius 3 is 2.50 bits per heavy atom. The van der Waals surface area contributed by atoms with E-state index in [-0.39, 0.29) is 11.6 Å². The Labute approximate surface area is 183 Å². The summed E-state index contributed by atoms with van der Waals surface area (Å²) in [6.45, 7) is 3.51. The van der Waals surface area contributed by atoms with Crippen molar-refractivity contribution in [2.24, 2.45) is 7.05 Å². The highest BCUT2D eigenvalue weighted by Crippen LogP contribution is 2.33. The lowest BCUT2D eigenvalue weighted by molar-refractivity contribution is 0.0922. The highest BCUT2D eigenvalue weighted by atomic mass is 19.3. The third-order valence-corrected chi connectivity index (χ3v) is 4.93. The van der Waals surface area contributed by atoms with Crippen molar-refractivity contribution in [3.8, 4) is 11.6 Å². The molecule has 3 rings (SSSR count). The van der Waals surface area contributed by atoms with Gasteiger partial charge in [-0.2, -0.15) is 5.10 Å². The van der Waals surface area contributed by atoms with Gasteiger partial charge >= 0.3 is 0 Å². The van der Waals surface area contributed by atoms with E-state index >= 15 is 0 Å². The van der Waals surface area contributed by atoms with E-state index in [1.807, 2.05) is 6.92 Å². The number of rotatable bonds is 8. The van der Waals surface area contributed by atoms with Crippen molar-refractivity contribution in [2.75, 3.05) is 0 Å². The van der Waals surface area contributed by atoms with E-state index in [0.717, 1.165) is 10.7 Å². The predicted octanol–water partition coefficient (Wildman–Crippen LogP) is 5.16. The van der Waals surface area contributed by atoms with Crippen molar-refractivity contribution in [3.05, 3.63) is 76.2 Å². The first-order chi connectivity index (χ1) is 15.2. The molecule has 168 valence electrons. The molecule has 6 nitrogen and oxygen atoms in total. The molecule has 2 aromatic carbocycles. The number of nitrogens with zero attached hydrogens (tertiary/aromatic N) is 2. The molecule has 0 saturated carbocycles. The van der Waals surface area contributed by atoms with E-state index in [1.54, 1.807) is 37.3 Å². The smallest absolute Gasteiger partial charge is 0.283 e. The zero-order valence-electron chi connectivity index (χ0n) is 17.7. The van der Waals surface area contributed by atoms with Crippen LogP contribution in [0.15, 0.2) is 42.5 Å². The summed E-state index contributed by atoms with van der Waals surface area (Å²) in [4.78, 5) is 23.8. The van der Waals surface area contributed by atoms with Crippen molar-refractivity contribution >= 4 is 12.2 Å². The monoisotopic (exact) mass is 445 g/mol. The van der Waals surface area contributed by atoms with Crippen molar-refractivity contribution < 1.29 is 27.5 Å². The van der Waals surface area contributed by atoms with Gasteiger partial charge in [0.25, 0.3) is 12.3 Å². The molecule has 0 radical (unpaired) electrons. The van der Waals surface area contributed by atoms with Gasteiger partial charge in [-0.15, -0.1) is 0 Å². The molecule has 0 aliphatic carbocycles. The predicted molar refractivity (Wildman–Crippen MR) is 112 cm³/mol. The lowest BCUT2D eigenvalue weighted by Gasteiger charge is -2.16. The van der Waals surface area contributed by atoms with Crippen LogP contribution in [0.4, 0.5) is 13.2 Å². The zero-order chi connectivity index (χ0) is 23.4. The van der Waals surface area contributed by atoms with Gasteiger partial charge in [0, 0.05) is 18.7 Å². The summed E-state index contributed by atoms with van der Waals surface area (Å²) in [5.74, 6) is -1.53. The number of hydrogen-bond acceptors (Lipinski definition) is 4. The van der Waals surface area contributed by atoms with Gasteiger partial charge in [0.05, 0.1) is 6.04 Å². The quantitative estimate of drug-likeness (QED) is 0.487. The molecule has 0 spiro atoms. The molecule has 0 aliphatic rings. The standard InChI is InChI=1S/C23H22F3N3O3/c1-4-14-9-17(24)11-18(10-14)32-23-19(20(21(25)26)28-29(23)3)22(31)27-13(2)16-7-5-15(12-30)6-8-16/h5-13,21H,4H2,1-3H3,(H,27,31). The van der Waals surface area contributed by atoms with Crippen molar-refractivity contribution in [1.29, 1.82) is 0 Å². The number of halogens is 3. The Balaban J connectivity index is 1.94. The van der Waals surface area contributed by atoms with Crippen LogP contribution < -0.4 is 10.1 Å². The molecule has 1 amide bonds. The summed E-state index contributed by atoms with van der Waals surface area (Å²) >= 11 is 0. The SMILES string of the molecule is CCc1cc(F)cc(Oc2c(C(=O)NC(C)c3ccc(C=O)cc3)c(C(F)F)nn2C)c1. The van der Waals surface area contributed by atoms with Gasteiger partial charge in [-0.05, 0) is 36.6 Å². The number of carbonyl (C=O) groups is 2. The van der Waals surface area contributed by atoms with Crippen LogP contribution >= 0.6 is 0 Å². The number of hydrogen-bond donors (Lipinski definition) is 1. The van der Waals surface area contributed by atoms with E-state index in [2.05, 4.69) is 10.4 Å². The first kappa shape index (κ1) is 23.1. The molecule has 0 bridgehead atoms. The number of benzene rings is 2. The topological polar surface area (TPSA) is 73.2 Å². The number of ether oxygens (including phenoxy) is 1. The van der Waals surface area contributed by atoms with E-state index in [9.17, 15) is 22.8 Å². The first-order valence-corrected chi connectivity index (χ1v) is 9.91. The van der Waals surface area contributed by atoms with Crippen molar-refractivity contribution in [1.82, 2.24) is 15.1 Å². The van der Waals surface area contributed by atoms with Gasteiger partial charge in [0.1, 0.15) is 29.1 Å². The summed E-state index contributed by atoms with van der Waals surface area (Å²) in [7, 11) is 1.36. The van der Waals surface area contributed by atoms with E-state index < -0.39 is 35.4 Å². The van der Waals surface area contributed by atoms with Crippen LogP contribution in [0.2, 0.25) is 0 Å². The Hall–Kier alpha value is -3.62. The summed E-state index contributed by atoms with van der Waals surface area (Å²) in [6.07, 6.45) is -1.80. The van der Waals surface area contributed by atoms with Crippen LogP contribution in [0.1, 0.15) is 63.9 Å². The second kappa shape index (κ2) is 9.67. The van der Waals surface area contributed by atoms with Gasteiger partial charge in [0.2, 0.25) is 5.88 Å². The summed E-state index contributed by atoms with van der Waals surface area (Å²) in [6, 6.07) is 9.94. The summed E-state index contributed by atoms with van der Waals surface area (Å²) in [5.41, 5.74) is 0.620. The lowest BCUT2D eigenvalue weighted by Crippen LogP contribution is -2.27. The lowest BCUT2D eigenvalue weighted by atomic mass is 10.1. The molecule has 1 atom stereocenters. The van der Waals surface area contributed by atoms with Crippen LogP contribution in [0, 0.1) is 5.82 Å². The van der Waals surface area contributed by atoms with Gasteiger partial charge < -0.3 is 10.1 Å². The number of carbonyl (C=O) groups excluding carboxylic acids is 2. The van der Waals surface area contributed by atoms with E-state index in [0.29, 0.717) is 29.4 Å².